The van der Waals surface area contributed by atoms with E-state index in [1.807, 2.05) is 24.3 Å². The second kappa shape index (κ2) is 5.30. The van der Waals surface area contributed by atoms with E-state index in [1.165, 1.54) is 0 Å². The molecule has 18 heavy (non-hydrogen) atoms. The number of carbonyl (C=O) groups is 1. The van der Waals surface area contributed by atoms with Gasteiger partial charge >= 0.3 is 5.97 Å². The third-order valence-electron chi connectivity index (χ3n) is 2.32. The molecule has 0 aliphatic rings. The van der Waals surface area contributed by atoms with E-state index in [1.54, 1.807) is 18.7 Å². The number of rotatable bonds is 3. The molecule has 5 nitrogen and oxygen atoms in total. The van der Waals surface area contributed by atoms with Gasteiger partial charge in [-0.15, -0.1) is 5.10 Å². The fourth-order valence-electron chi connectivity index (χ4n) is 1.52. The van der Waals surface area contributed by atoms with Crippen LogP contribution in [-0.4, -0.2) is 27.3 Å². The molecule has 0 aliphatic heterocycles. The van der Waals surface area contributed by atoms with Crippen molar-refractivity contribution >= 4 is 21.9 Å². The van der Waals surface area contributed by atoms with Gasteiger partial charge in [0.2, 0.25) is 0 Å². The van der Waals surface area contributed by atoms with E-state index in [0.29, 0.717) is 12.4 Å². The van der Waals surface area contributed by atoms with Crippen molar-refractivity contribution in [3.05, 3.63) is 34.6 Å². The molecule has 6 heteroatoms. The summed E-state index contributed by atoms with van der Waals surface area (Å²) in [6, 6.07) is 7.63. The SMILES string of the molecule is CCOC(=O)c1nc(-c2ccc(Br)cc2)n(C)n1. The van der Waals surface area contributed by atoms with Crippen LogP contribution in [0.5, 0.6) is 0 Å². The average Bonchev–Trinajstić information content (AvgIpc) is 2.73. The molecule has 1 aromatic carbocycles. The zero-order chi connectivity index (χ0) is 13.1. The maximum Gasteiger partial charge on any atom is 0.378 e. The summed E-state index contributed by atoms with van der Waals surface area (Å²) < 4.78 is 7.42. The number of hydrogen-bond donors (Lipinski definition) is 0. The Balaban J connectivity index is 2.34. The van der Waals surface area contributed by atoms with Crippen LogP contribution in [0.2, 0.25) is 0 Å². The van der Waals surface area contributed by atoms with Crippen molar-refractivity contribution in [1.82, 2.24) is 14.8 Å². The molecular formula is C12H12BrN3O2. The van der Waals surface area contributed by atoms with Crippen LogP contribution in [-0.2, 0) is 11.8 Å². The molecule has 0 amide bonds. The van der Waals surface area contributed by atoms with Gasteiger partial charge < -0.3 is 4.74 Å². The van der Waals surface area contributed by atoms with Crippen molar-refractivity contribution in [3.8, 4) is 11.4 Å². The Kier molecular flexibility index (Phi) is 3.76. The molecule has 0 radical (unpaired) electrons. The monoisotopic (exact) mass is 309 g/mol. The fourth-order valence-corrected chi connectivity index (χ4v) is 1.78. The highest BCUT2D eigenvalue weighted by Crippen LogP contribution is 2.19. The predicted octanol–water partition coefficient (Wildman–Crippen LogP) is 2.42. The van der Waals surface area contributed by atoms with Crippen LogP contribution in [0.3, 0.4) is 0 Å². The molecule has 0 unspecified atom stereocenters. The zero-order valence-electron chi connectivity index (χ0n) is 10.1. The normalized spacial score (nSPS) is 10.4. The number of hydrogen-bond acceptors (Lipinski definition) is 4. The van der Waals surface area contributed by atoms with E-state index in [0.717, 1.165) is 10.0 Å². The first-order chi connectivity index (χ1) is 8.61. The number of nitrogens with zero attached hydrogens (tertiary/aromatic N) is 3. The first-order valence-corrected chi connectivity index (χ1v) is 6.25. The van der Waals surface area contributed by atoms with Gasteiger partial charge in [0.1, 0.15) is 0 Å². The lowest BCUT2D eigenvalue weighted by Gasteiger charge is -1.99. The lowest BCUT2D eigenvalue weighted by atomic mass is 10.2. The number of carbonyl (C=O) groups excluding carboxylic acids is 1. The highest BCUT2D eigenvalue weighted by Gasteiger charge is 2.16. The molecule has 2 rings (SSSR count). The Morgan fingerprint density at radius 1 is 1.39 bits per heavy atom. The zero-order valence-corrected chi connectivity index (χ0v) is 11.6. The summed E-state index contributed by atoms with van der Waals surface area (Å²) in [4.78, 5) is 15.7. The van der Waals surface area contributed by atoms with Gasteiger partial charge in [-0.1, -0.05) is 28.1 Å². The van der Waals surface area contributed by atoms with Crippen LogP contribution in [0.25, 0.3) is 11.4 Å². The van der Waals surface area contributed by atoms with Crippen molar-refractivity contribution in [1.29, 1.82) is 0 Å². The minimum atomic E-state index is -0.503. The van der Waals surface area contributed by atoms with Gasteiger partial charge in [-0.2, -0.15) is 0 Å². The standard InChI is InChI=1S/C12H12BrN3O2/c1-3-18-12(17)10-14-11(16(2)15-10)8-4-6-9(13)7-5-8/h4-7H,3H2,1-2H3. The first-order valence-electron chi connectivity index (χ1n) is 5.46. The Morgan fingerprint density at radius 2 is 2.06 bits per heavy atom. The molecule has 94 valence electrons. The summed E-state index contributed by atoms with van der Waals surface area (Å²) in [5, 5.41) is 4.05. The van der Waals surface area contributed by atoms with E-state index in [2.05, 4.69) is 26.0 Å². The minimum Gasteiger partial charge on any atom is -0.460 e. The maximum absolute atomic E-state index is 11.5. The molecule has 1 heterocycles. The Hall–Kier alpha value is -1.69. The number of aromatic nitrogens is 3. The van der Waals surface area contributed by atoms with E-state index >= 15 is 0 Å². The van der Waals surface area contributed by atoms with Crippen LogP contribution in [0, 0.1) is 0 Å². The lowest BCUT2D eigenvalue weighted by molar-refractivity contribution is 0.0512. The number of benzene rings is 1. The van der Waals surface area contributed by atoms with Crippen LogP contribution < -0.4 is 0 Å². The summed E-state index contributed by atoms with van der Waals surface area (Å²) in [7, 11) is 1.74. The molecule has 0 aliphatic carbocycles. The van der Waals surface area contributed by atoms with E-state index in [9.17, 15) is 4.79 Å². The molecule has 0 bridgehead atoms. The van der Waals surface area contributed by atoms with Crippen molar-refractivity contribution in [2.24, 2.45) is 7.05 Å². The van der Waals surface area contributed by atoms with Crippen molar-refractivity contribution in [3.63, 3.8) is 0 Å². The summed E-state index contributed by atoms with van der Waals surface area (Å²) in [6.45, 7) is 2.06. The van der Waals surface area contributed by atoms with Gasteiger partial charge in [-0.25, -0.2) is 14.5 Å². The van der Waals surface area contributed by atoms with Gasteiger partial charge in [0, 0.05) is 17.1 Å². The molecule has 2 aromatic rings. The fraction of sp³-hybridized carbons (Fsp3) is 0.250. The largest absolute Gasteiger partial charge is 0.460 e. The summed E-state index contributed by atoms with van der Waals surface area (Å²) >= 11 is 3.37. The molecule has 0 atom stereocenters. The Morgan fingerprint density at radius 3 is 2.67 bits per heavy atom. The first kappa shape index (κ1) is 12.8. The number of halogens is 1. The van der Waals surface area contributed by atoms with Gasteiger partial charge in [0.25, 0.3) is 5.82 Å². The molecular weight excluding hydrogens is 298 g/mol. The topological polar surface area (TPSA) is 57.0 Å². The van der Waals surface area contributed by atoms with E-state index < -0.39 is 5.97 Å². The minimum absolute atomic E-state index is 0.0808. The van der Waals surface area contributed by atoms with E-state index in [4.69, 9.17) is 4.74 Å². The van der Waals surface area contributed by atoms with Gasteiger partial charge in [0.05, 0.1) is 6.61 Å². The van der Waals surface area contributed by atoms with Gasteiger partial charge in [-0.3, -0.25) is 0 Å². The van der Waals surface area contributed by atoms with Crippen LogP contribution >= 0.6 is 15.9 Å². The van der Waals surface area contributed by atoms with Crippen LogP contribution in [0.15, 0.2) is 28.7 Å². The maximum atomic E-state index is 11.5. The lowest BCUT2D eigenvalue weighted by Crippen LogP contribution is -2.07. The second-order valence-corrected chi connectivity index (χ2v) is 4.53. The van der Waals surface area contributed by atoms with Crippen molar-refractivity contribution < 1.29 is 9.53 Å². The molecule has 0 spiro atoms. The molecule has 0 fully saturated rings. The molecule has 0 N–H and O–H groups in total. The summed E-state index contributed by atoms with van der Waals surface area (Å²) in [5.74, 6) is 0.208. The van der Waals surface area contributed by atoms with Crippen LogP contribution in [0.4, 0.5) is 0 Å². The quantitative estimate of drug-likeness (QED) is 0.817. The smallest absolute Gasteiger partial charge is 0.378 e. The predicted molar refractivity (Wildman–Crippen MR) is 70.1 cm³/mol. The van der Waals surface area contributed by atoms with Crippen LogP contribution in [0.1, 0.15) is 17.5 Å². The number of aryl methyl sites for hydroxylation is 1. The van der Waals surface area contributed by atoms with Gasteiger partial charge in [-0.05, 0) is 19.1 Å². The van der Waals surface area contributed by atoms with Crippen molar-refractivity contribution in [2.45, 2.75) is 6.92 Å². The average molecular weight is 310 g/mol. The third-order valence-corrected chi connectivity index (χ3v) is 2.85. The number of ether oxygens (including phenoxy) is 1. The highest BCUT2D eigenvalue weighted by molar-refractivity contribution is 9.10. The summed E-state index contributed by atoms with van der Waals surface area (Å²) in [5.41, 5.74) is 0.892. The molecule has 0 saturated carbocycles. The van der Waals surface area contributed by atoms with Gasteiger partial charge in [0.15, 0.2) is 5.82 Å². The Labute approximate surface area is 113 Å². The highest BCUT2D eigenvalue weighted by atomic mass is 79.9. The summed E-state index contributed by atoms with van der Waals surface area (Å²) in [6.07, 6.45) is 0. The second-order valence-electron chi connectivity index (χ2n) is 3.61. The molecule has 1 aromatic heterocycles. The van der Waals surface area contributed by atoms with Crippen molar-refractivity contribution in [2.75, 3.05) is 6.61 Å². The third kappa shape index (κ3) is 2.59. The Bertz CT molecular complexity index is 563. The molecule has 0 saturated heterocycles. The number of esters is 1. The van der Waals surface area contributed by atoms with E-state index in [-0.39, 0.29) is 5.82 Å².